The van der Waals surface area contributed by atoms with E-state index in [0.29, 0.717) is 31.6 Å². The molecular weight excluding hydrogens is 439 g/mol. The SMILES string of the molecule is COc1ccc(C2=NC3(CCN(C(=O)Nc4ccc(F)c(Cl)c4)CC3)N=C2SC)cc1. The molecule has 0 atom stereocenters. The minimum atomic E-state index is -0.538. The Balaban J connectivity index is 1.45. The summed E-state index contributed by atoms with van der Waals surface area (Å²) < 4.78 is 18.6. The highest BCUT2D eigenvalue weighted by molar-refractivity contribution is 8.15. The monoisotopic (exact) mass is 460 g/mol. The van der Waals surface area contributed by atoms with Gasteiger partial charge in [0, 0.05) is 37.2 Å². The van der Waals surface area contributed by atoms with Crippen molar-refractivity contribution in [2.75, 3.05) is 31.8 Å². The number of benzene rings is 2. The van der Waals surface area contributed by atoms with Crippen LogP contribution in [-0.4, -0.2) is 53.8 Å². The van der Waals surface area contributed by atoms with Crippen molar-refractivity contribution < 1.29 is 13.9 Å². The van der Waals surface area contributed by atoms with E-state index in [-0.39, 0.29) is 11.1 Å². The third kappa shape index (κ3) is 4.55. The van der Waals surface area contributed by atoms with Crippen LogP contribution in [0.3, 0.4) is 0 Å². The number of hydrogen-bond donors (Lipinski definition) is 1. The Labute approximate surface area is 189 Å². The van der Waals surface area contributed by atoms with Gasteiger partial charge in [0.25, 0.3) is 0 Å². The van der Waals surface area contributed by atoms with Crippen LogP contribution >= 0.6 is 23.4 Å². The second kappa shape index (κ2) is 8.88. The third-order valence-electron chi connectivity index (χ3n) is 5.41. The fraction of sp³-hybridized carbons (Fsp3) is 0.318. The van der Waals surface area contributed by atoms with Crippen LogP contribution in [-0.2, 0) is 0 Å². The van der Waals surface area contributed by atoms with Gasteiger partial charge in [-0.25, -0.2) is 14.2 Å². The van der Waals surface area contributed by atoms with Crippen LogP contribution in [0.4, 0.5) is 14.9 Å². The van der Waals surface area contributed by atoms with E-state index in [1.165, 1.54) is 18.2 Å². The minimum Gasteiger partial charge on any atom is -0.497 e. The van der Waals surface area contributed by atoms with Gasteiger partial charge < -0.3 is 15.0 Å². The third-order valence-corrected chi connectivity index (χ3v) is 6.37. The van der Waals surface area contributed by atoms with E-state index < -0.39 is 11.5 Å². The van der Waals surface area contributed by atoms with Gasteiger partial charge in [0.15, 0.2) is 5.66 Å². The average Bonchev–Trinajstić information content (AvgIpc) is 3.15. The number of ether oxygens (including phenoxy) is 1. The van der Waals surface area contributed by atoms with E-state index in [0.717, 1.165) is 22.1 Å². The number of hydrogen-bond acceptors (Lipinski definition) is 5. The van der Waals surface area contributed by atoms with Gasteiger partial charge in [-0.15, -0.1) is 11.8 Å². The molecule has 2 aromatic rings. The minimum absolute atomic E-state index is 0.0271. The number of urea groups is 1. The van der Waals surface area contributed by atoms with Crippen LogP contribution in [0.25, 0.3) is 0 Å². The van der Waals surface area contributed by atoms with Gasteiger partial charge in [-0.3, -0.25) is 4.99 Å². The molecule has 1 saturated heterocycles. The smallest absolute Gasteiger partial charge is 0.321 e. The number of rotatable bonds is 3. The largest absolute Gasteiger partial charge is 0.497 e. The number of thioether (sulfide) groups is 1. The van der Waals surface area contributed by atoms with Crippen LogP contribution in [0.2, 0.25) is 5.02 Å². The number of aliphatic imine (C=N–C) groups is 2. The zero-order valence-electron chi connectivity index (χ0n) is 17.2. The molecule has 6 nitrogen and oxygen atoms in total. The maximum absolute atomic E-state index is 13.3. The lowest BCUT2D eigenvalue weighted by Crippen LogP contribution is -2.46. The summed E-state index contributed by atoms with van der Waals surface area (Å²) in [6.07, 6.45) is 3.26. The second-order valence-electron chi connectivity index (χ2n) is 7.34. The fourth-order valence-electron chi connectivity index (χ4n) is 3.67. The van der Waals surface area contributed by atoms with Crippen LogP contribution in [0.5, 0.6) is 5.75 Å². The second-order valence-corrected chi connectivity index (χ2v) is 8.54. The lowest BCUT2D eigenvalue weighted by Gasteiger charge is -2.35. The van der Waals surface area contributed by atoms with Crippen molar-refractivity contribution >= 4 is 45.8 Å². The molecule has 0 saturated carbocycles. The summed E-state index contributed by atoms with van der Waals surface area (Å²) in [5, 5.41) is 3.65. The van der Waals surface area contributed by atoms with Crippen molar-refractivity contribution in [3.63, 3.8) is 0 Å². The molecule has 162 valence electrons. The van der Waals surface area contributed by atoms with E-state index >= 15 is 0 Å². The summed E-state index contributed by atoms with van der Waals surface area (Å²) in [6.45, 7) is 1.04. The van der Waals surface area contributed by atoms with Gasteiger partial charge >= 0.3 is 6.03 Å². The van der Waals surface area contributed by atoms with Crippen LogP contribution in [0, 0.1) is 5.82 Å². The van der Waals surface area contributed by atoms with Crippen LogP contribution in [0.15, 0.2) is 52.4 Å². The van der Waals surface area contributed by atoms with E-state index in [9.17, 15) is 9.18 Å². The first-order valence-corrected chi connectivity index (χ1v) is 11.4. The molecule has 1 N–H and O–H groups in total. The number of nitrogens with one attached hydrogen (secondary N) is 1. The predicted octanol–water partition coefficient (Wildman–Crippen LogP) is 5.08. The summed E-state index contributed by atoms with van der Waals surface area (Å²) in [5.41, 5.74) is 1.80. The number of carbonyl (C=O) groups excluding carboxylic acids is 1. The van der Waals surface area contributed by atoms with E-state index in [1.54, 1.807) is 23.8 Å². The summed E-state index contributed by atoms with van der Waals surface area (Å²) >= 11 is 7.37. The molecule has 2 aromatic carbocycles. The molecule has 2 aliphatic rings. The molecule has 1 spiro atoms. The molecule has 2 heterocycles. The topological polar surface area (TPSA) is 66.3 Å². The number of carbonyl (C=O) groups is 1. The van der Waals surface area contributed by atoms with Gasteiger partial charge in [-0.05, 0) is 48.7 Å². The molecular formula is C22H22ClFN4O2S. The number of methoxy groups -OCH3 is 1. The summed E-state index contributed by atoms with van der Waals surface area (Å²) in [5.74, 6) is 0.273. The molecule has 2 aliphatic heterocycles. The first-order chi connectivity index (χ1) is 14.9. The van der Waals surface area contributed by atoms with Gasteiger partial charge in [0.1, 0.15) is 16.6 Å². The Kier molecular flexibility index (Phi) is 6.20. The number of likely N-dealkylation sites (tertiary alicyclic amines) is 1. The van der Waals surface area contributed by atoms with Gasteiger partial charge in [-0.2, -0.15) is 0 Å². The lowest BCUT2D eigenvalue weighted by molar-refractivity contribution is 0.175. The van der Waals surface area contributed by atoms with Crippen molar-refractivity contribution in [3.8, 4) is 5.75 Å². The highest BCUT2D eigenvalue weighted by atomic mass is 35.5. The van der Waals surface area contributed by atoms with Crippen molar-refractivity contribution in [2.24, 2.45) is 9.98 Å². The molecule has 9 heteroatoms. The molecule has 0 aliphatic carbocycles. The molecule has 1 fully saturated rings. The van der Waals surface area contributed by atoms with Gasteiger partial charge in [0.05, 0.1) is 17.8 Å². The quantitative estimate of drug-likeness (QED) is 0.694. The summed E-state index contributed by atoms with van der Waals surface area (Å²) in [4.78, 5) is 24.3. The van der Waals surface area contributed by atoms with E-state index in [2.05, 4.69) is 5.32 Å². The average molecular weight is 461 g/mol. The number of piperidine rings is 1. The van der Waals surface area contributed by atoms with E-state index in [1.807, 2.05) is 30.5 Å². The fourth-order valence-corrected chi connectivity index (χ4v) is 4.47. The maximum Gasteiger partial charge on any atom is 0.321 e. The standard InChI is InChI=1S/C22H22ClFN4O2S/c1-30-16-6-3-14(4-7-16)19-20(31-2)27-22(26-19)9-11-28(12-10-22)21(29)25-15-5-8-18(24)17(23)13-15/h3-8,13H,9-12H2,1-2H3,(H,25,29). The number of nitrogens with zero attached hydrogens (tertiary/aromatic N) is 3. The Hall–Kier alpha value is -2.58. The van der Waals surface area contributed by atoms with Crippen LogP contribution < -0.4 is 10.1 Å². The zero-order chi connectivity index (χ0) is 22.0. The summed E-state index contributed by atoms with van der Waals surface area (Å²) in [7, 11) is 1.64. The molecule has 0 unspecified atom stereocenters. The molecule has 2 amide bonds. The Morgan fingerprint density at radius 1 is 1.19 bits per heavy atom. The Bertz CT molecular complexity index is 1050. The normalized spacial score (nSPS) is 17.4. The highest BCUT2D eigenvalue weighted by Gasteiger charge is 2.40. The molecule has 4 rings (SSSR count). The number of anilines is 1. The molecule has 0 bridgehead atoms. The van der Waals surface area contributed by atoms with Crippen molar-refractivity contribution in [1.82, 2.24) is 4.90 Å². The van der Waals surface area contributed by atoms with Crippen molar-refractivity contribution in [1.29, 1.82) is 0 Å². The summed E-state index contributed by atoms with van der Waals surface area (Å²) in [6, 6.07) is 11.7. The number of halogens is 2. The first kappa shape index (κ1) is 21.6. The Morgan fingerprint density at radius 3 is 2.52 bits per heavy atom. The zero-order valence-corrected chi connectivity index (χ0v) is 18.8. The number of amides is 2. The van der Waals surface area contributed by atoms with Crippen molar-refractivity contribution in [3.05, 3.63) is 58.9 Å². The lowest BCUT2D eigenvalue weighted by atomic mass is 9.98. The van der Waals surface area contributed by atoms with Crippen molar-refractivity contribution in [2.45, 2.75) is 18.5 Å². The van der Waals surface area contributed by atoms with Gasteiger partial charge in [-0.1, -0.05) is 11.6 Å². The maximum atomic E-state index is 13.3. The van der Waals surface area contributed by atoms with Gasteiger partial charge in [0.2, 0.25) is 0 Å². The molecule has 0 aromatic heterocycles. The Morgan fingerprint density at radius 2 is 1.90 bits per heavy atom. The molecule has 0 radical (unpaired) electrons. The molecule has 31 heavy (non-hydrogen) atoms. The van der Waals surface area contributed by atoms with E-state index in [4.69, 9.17) is 26.3 Å². The first-order valence-electron chi connectivity index (χ1n) is 9.82. The predicted molar refractivity (Wildman–Crippen MR) is 124 cm³/mol. The van der Waals surface area contributed by atoms with Crippen LogP contribution in [0.1, 0.15) is 18.4 Å². The highest BCUT2D eigenvalue weighted by Crippen LogP contribution is 2.35.